The molecule has 2 aromatic rings. The van der Waals surface area contributed by atoms with Gasteiger partial charge in [0.15, 0.2) is 5.96 Å². The molecule has 0 atom stereocenters. The van der Waals surface area contributed by atoms with Crippen molar-refractivity contribution in [2.24, 2.45) is 10.7 Å². The number of hydrogen-bond donors (Lipinski definition) is 2. The minimum Gasteiger partial charge on any atom is -0.444 e. The first kappa shape index (κ1) is 22.3. The molecule has 0 radical (unpaired) electrons. The maximum atomic E-state index is 12.1. The van der Waals surface area contributed by atoms with E-state index < -0.39 is 5.60 Å². The Bertz CT molecular complexity index is 850. The number of ether oxygens (including phenoxy) is 1. The maximum absolute atomic E-state index is 12.1. The highest BCUT2D eigenvalue weighted by Gasteiger charge is 2.26. The summed E-state index contributed by atoms with van der Waals surface area (Å²) in [5.41, 5.74) is 8.76. The van der Waals surface area contributed by atoms with E-state index in [2.05, 4.69) is 15.0 Å². The van der Waals surface area contributed by atoms with Gasteiger partial charge in [-0.1, -0.05) is 12.1 Å². The standard InChI is InChI=1S/C19H28N6O2.HI/c1-13-6-5-7-14-16(13)23-15(22-14)12-21-17(20)24-8-10-25(11-9-24)18(26)27-19(2,3)4;/h5-7H,8-12H2,1-4H3,(H2,20,21)(H,22,23);1H. The van der Waals surface area contributed by atoms with Crippen LogP contribution in [0.5, 0.6) is 0 Å². The smallest absolute Gasteiger partial charge is 0.410 e. The van der Waals surface area contributed by atoms with Crippen molar-refractivity contribution in [3.63, 3.8) is 0 Å². The zero-order valence-electron chi connectivity index (χ0n) is 16.9. The molecule has 2 heterocycles. The first-order valence-corrected chi connectivity index (χ1v) is 9.20. The number of imidazole rings is 1. The Labute approximate surface area is 182 Å². The second-order valence-corrected chi connectivity index (χ2v) is 7.78. The lowest BCUT2D eigenvalue weighted by molar-refractivity contribution is 0.0186. The van der Waals surface area contributed by atoms with Gasteiger partial charge < -0.3 is 25.3 Å². The maximum Gasteiger partial charge on any atom is 0.410 e. The third-order valence-corrected chi connectivity index (χ3v) is 4.41. The number of nitrogens with one attached hydrogen (secondary N) is 1. The van der Waals surface area contributed by atoms with Crippen LogP contribution >= 0.6 is 24.0 Å². The summed E-state index contributed by atoms with van der Waals surface area (Å²) in [6.07, 6.45) is -0.282. The van der Waals surface area contributed by atoms with Crippen molar-refractivity contribution in [2.45, 2.75) is 39.8 Å². The van der Waals surface area contributed by atoms with Crippen molar-refractivity contribution in [3.05, 3.63) is 29.6 Å². The van der Waals surface area contributed by atoms with Gasteiger partial charge in [-0.25, -0.2) is 14.8 Å². The van der Waals surface area contributed by atoms with Crippen LogP contribution in [-0.2, 0) is 11.3 Å². The van der Waals surface area contributed by atoms with Gasteiger partial charge in [-0.05, 0) is 39.3 Å². The number of rotatable bonds is 2. The normalized spacial score (nSPS) is 15.5. The number of aromatic nitrogens is 2. The fraction of sp³-hybridized carbons (Fsp3) is 0.526. The van der Waals surface area contributed by atoms with Crippen LogP contribution in [0, 0.1) is 6.92 Å². The van der Waals surface area contributed by atoms with Crippen LogP contribution < -0.4 is 5.73 Å². The predicted molar refractivity (Wildman–Crippen MR) is 121 cm³/mol. The third kappa shape index (κ3) is 5.49. The average Bonchev–Trinajstić information content (AvgIpc) is 3.03. The molecule has 1 aromatic carbocycles. The van der Waals surface area contributed by atoms with E-state index in [1.54, 1.807) is 4.90 Å². The molecular formula is C19H29IN6O2. The number of aromatic amines is 1. The molecule has 1 aliphatic heterocycles. The Hall–Kier alpha value is -2.04. The number of benzene rings is 1. The number of piperazine rings is 1. The summed E-state index contributed by atoms with van der Waals surface area (Å²) < 4.78 is 5.41. The van der Waals surface area contributed by atoms with E-state index in [-0.39, 0.29) is 30.1 Å². The minimum atomic E-state index is -0.486. The van der Waals surface area contributed by atoms with Crippen molar-refractivity contribution < 1.29 is 9.53 Å². The topological polar surface area (TPSA) is 99.8 Å². The van der Waals surface area contributed by atoms with E-state index in [0.717, 1.165) is 22.4 Å². The number of H-pyrrole nitrogens is 1. The van der Waals surface area contributed by atoms with Crippen molar-refractivity contribution in [1.82, 2.24) is 19.8 Å². The lowest BCUT2D eigenvalue weighted by Gasteiger charge is -2.36. The number of carbonyl (C=O) groups excluding carboxylic acids is 1. The molecule has 0 saturated carbocycles. The van der Waals surface area contributed by atoms with Gasteiger partial charge >= 0.3 is 6.09 Å². The van der Waals surface area contributed by atoms with E-state index in [1.165, 1.54) is 0 Å². The SMILES string of the molecule is Cc1cccc2[nH]c(CN=C(N)N3CCN(C(=O)OC(C)(C)C)CC3)nc12.I. The summed E-state index contributed by atoms with van der Waals surface area (Å²) >= 11 is 0. The summed E-state index contributed by atoms with van der Waals surface area (Å²) in [4.78, 5) is 28.1. The van der Waals surface area contributed by atoms with Crippen molar-refractivity contribution in [2.75, 3.05) is 26.2 Å². The monoisotopic (exact) mass is 500 g/mol. The first-order chi connectivity index (χ1) is 12.7. The van der Waals surface area contributed by atoms with E-state index in [1.807, 2.05) is 50.8 Å². The molecule has 1 saturated heterocycles. The van der Waals surface area contributed by atoms with Gasteiger partial charge in [0, 0.05) is 26.2 Å². The first-order valence-electron chi connectivity index (χ1n) is 9.20. The zero-order valence-corrected chi connectivity index (χ0v) is 19.2. The Morgan fingerprint density at radius 2 is 1.89 bits per heavy atom. The number of nitrogens with two attached hydrogens (primary N) is 1. The van der Waals surface area contributed by atoms with Crippen LogP contribution in [0.4, 0.5) is 4.79 Å². The van der Waals surface area contributed by atoms with Crippen LogP contribution in [-0.4, -0.2) is 63.6 Å². The van der Waals surface area contributed by atoms with E-state index in [0.29, 0.717) is 38.7 Å². The Morgan fingerprint density at radius 3 is 2.50 bits per heavy atom. The Morgan fingerprint density at radius 1 is 1.25 bits per heavy atom. The average molecular weight is 500 g/mol. The molecule has 0 spiro atoms. The molecule has 154 valence electrons. The van der Waals surface area contributed by atoms with Gasteiger partial charge in [-0.15, -0.1) is 24.0 Å². The second kappa shape index (κ2) is 8.97. The van der Waals surface area contributed by atoms with E-state index in [9.17, 15) is 4.79 Å². The lowest BCUT2D eigenvalue weighted by atomic mass is 10.2. The Kier molecular flexibility index (Phi) is 7.13. The molecule has 1 fully saturated rings. The predicted octanol–water partition coefficient (Wildman–Crippen LogP) is 2.86. The summed E-state index contributed by atoms with van der Waals surface area (Å²) in [5, 5.41) is 0. The molecule has 1 amide bonds. The molecule has 3 rings (SSSR count). The second-order valence-electron chi connectivity index (χ2n) is 7.78. The molecule has 0 unspecified atom stereocenters. The molecular weight excluding hydrogens is 471 g/mol. The van der Waals surface area contributed by atoms with Gasteiger partial charge in [-0.3, -0.25) is 0 Å². The number of carbonyl (C=O) groups is 1. The van der Waals surface area contributed by atoms with E-state index >= 15 is 0 Å². The van der Waals surface area contributed by atoms with Crippen LogP contribution in [0.25, 0.3) is 11.0 Å². The number of hydrogen-bond acceptors (Lipinski definition) is 4. The number of para-hydroxylation sites is 1. The number of guanidine groups is 1. The van der Waals surface area contributed by atoms with Crippen molar-refractivity contribution in [1.29, 1.82) is 0 Å². The summed E-state index contributed by atoms with van der Waals surface area (Å²) in [5.74, 6) is 1.26. The number of nitrogens with zero attached hydrogens (tertiary/aromatic N) is 4. The number of amides is 1. The highest BCUT2D eigenvalue weighted by atomic mass is 127. The number of fused-ring (bicyclic) bond motifs is 1. The van der Waals surface area contributed by atoms with E-state index in [4.69, 9.17) is 10.5 Å². The van der Waals surface area contributed by atoms with Gasteiger partial charge in [0.2, 0.25) is 0 Å². The lowest BCUT2D eigenvalue weighted by Crippen LogP contribution is -2.53. The van der Waals surface area contributed by atoms with Gasteiger partial charge in [0.1, 0.15) is 18.0 Å². The highest BCUT2D eigenvalue weighted by molar-refractivity contribution is 14.0. The summed E-state index contributed by atoms with van der Waals surface area (Å²) in [6.45, 7) is 10.4. The largest absolute Gasteiger partial charge is 0.444 e. The van der Waals surface area contributed by atoms with Crippen molar-refractivity contribution >= 4 is 47.1 Å². The molecule has 1 aliphatic rings. The minimum absolute atomic E-state index is 0. The van der Waals surface area contributed by atoms with Gasteiger partial charge in [0.25, 0.3) is 0 Å². The number of aliphatic imine (C=N–C) groups is 1. The van der Waals surface area contributed by atoms with Crippen LogP contribution in [0.1, 0.15) is 32.2 Å². The summed E-state index contributed by atoms with van der Waals surface area (Å²) in [6, 6.07) is 6.04. The zero-order chi connectivity index (χ0) is 19.6. The number of aryl methyl sites for hydroxylation is 1. The fourth-order valence-corrected chi connectivity index (χ4v) is 3.00. The van der Waals surface area contributed by atoms with Crippen LogP contribution in [0.3, 0.4) is 0 Å². The Balaban J connectivity index is 0.00000280. The number of halogens is 1. The molecule has 0 bridgehead atoms. The van der Waals surface area contributed by atoms with Gasteiger partial charge in [0.05, 0.1) is 11.0 Å². The fourth-order valence-electron chi connectivity index (χ4n) is 3.00. The summed E-state index contributed by atoms with van der Waals surface area (Å²) in [7, 11) is 0. The molecule has 28 heavy (non-hydrogen) atoms. The molecule has 8 nitrogen and oxygen atoms in total. The molecule has 9 heteroatoms. The molecule has 3 N–H and O–H groups in total. The highest BCUT2D eigenvalue weighted by Crippen LogP contribution is 2.16. The quantitative estimate of drug-likeness (QED) is 0.376. The third-order valence-electron chi connectivity index (χ3n) is 4.41. The van der Waals surface area contributed by atoms with Gasteiger partial charge in [-0.2, -0.15) is 0 Å². The van der Waals surface area contributed by atoms with Crippen LogP contribution in [0.2, 0.25) is 0 Å². The molecule has 0 aliphatic carbocycles. The van der Waals surface area contributed by atoms with Crippen LogP contribution in [0.15, 0.2) is 23.2 Å². The molecule has 1 aromatic heterocycles. The van der Waals surface area contributed by atoms with Crippen molar-refractivity contribution in [3.8, 4) is 0 Å².